The minimum Gasteiger partial charge on any atom is -0.489 e. The highest BCUT2D eigenvalue weighted by Gasteiger charge is 2.64. The number of rotatable bonds is 17. The number of nitrogens with zero attached hydrogens (tertiary/aromatic N) is 1. The lowest BCUT2D eigenvalue weighted by Gasteiger charge is -2.65. The third kappa shape index (κ3) is 13.0. The van der Waals surface area contributed by atoms with E-state index in [1.807, 2.05) is 13.0 Å². The number of aliphatic hydroxyl groups is 1. The lowest BCUT2D eigenvalue weighted by molar-refractivity contribution is -0.207. The van der Waals surface area contributed by atoms with Gasteiger partial charge in [-0.15, -0.1) is 0 Å². The van der Waals surface area contributed by atoms with E-state index in [4.69, 9.17) is 21.1 Å². The Morgan fingerprint density at radius 2 is 1.74 bits per heavy atom. The van der Waals surface area contributed by atoms with E-state index in [9.17, 15) is 20.0 Å². The van der Waals surface area contributed by atoms with Gasteiger partial charge >= 0.3 is 0 Å². The molecule has 3 aromatic rings. The van der Waals surface area contributed by atoms with Gasteiger partial charge in [0.05, 0.1) is 35.4 Å². The maximum atomic E-state index is 13.9. The second-order valence-corrected chi connectivity index (χ2v) is 27.1. The molecule has 0 radical (unpaired) electrons. The van der Waals surface area contributed by atoms with Gasteiger partial charge in [0.2, 0.25) is 11.8 Å². The van der Waals surface area contributed by atoms with Gasteiger partial charge in [-0.1, -0.05) is 151 Å². The van der Waals surface area contributed by atoms with Crippen LogP contribution in [0.15, 0.2) is 89.9 Å². The largest absolute Gasteiger partial charge is 0.489 e. The molecule has 5 aliphatic rings. The number of hydrogen-bond acceptors (Lipinski definition) is 7. The Morgan fingerprint density at radius 1 is 1.00 bits per heavy atom. The lowest BCUT2D eigenvalue weighted by atomic mass is 9.42. The molecule has 2 amide bonds. The molecule has 3 saturated carbocycles. The van der Waals surface area contributed by atoms with Gasteiger partial charge in [-0.3, -0.25) is 9.59 Å². The molecular weight excluding hydrogens is 994 g/mol. The van der Waals surface area contributed by atoms with E-state index in [0.717, 1.165) is 55.2 Å². The number of thioether (sulfide) groups is 1. The fourth-order valence-corrected chi connectivity index (χ4v) is 15.7. The van der Waals surface area contributed by atoms with Gasteiger partial charge in [-0.2, -0.15) is 5.26 Å². The third-order valence-corrected chi connectivity index (χ3v) is 20.4. The van der Waals surface area contributed by atoms with E-state index in [2.05, 4.69) is 151 Å². The Balaban J connectivity index is 0.808. The first-order valence-electron chi connectivity index (χ1n) is 28.7. The third-order valence-electron chi connectivity index (χ3n) is 18.9. The monoisotopic (exact) mass is 1080 g/mol. The van der Waals surface area contributed by atoms with Crippen molar-refractivity contribution in [3.05, 3.63) is 128 Å². The smallest absolute Gasteiger partial charge is 0.246 e. The summed E-state index contributed by atoms with van der Waals surface area (Å²) in [6.07, 6.45) is 13.6. The summed E-state index contributed by atoms with van der Waals surface area (Å²) in [5.41, 5.74) is 8.88. The summed E-state index contributed by atoms with van der Waals surface area (Å²) in [6.45, 7) is 27.3. The summed E-state index contributed by atoms with van der Waals surface area (Å²) in [5.74, 6) is 8.66. The SMILES string of the molecule is C=C(CCC1CC[C@H](O)C[C@H]1C(=O)N[C@@H](C)c1ccc(C2=C(C)CCC=CS2)cc1)[C@@H](NC(=O)COCCC#Cc1ccc2c(c1)CC(CC1C(C)(C)C(Oc3ccc(C#N)c(Cl)c3)C1(C)C)C(C)C21CCC1)C(C)(C)C. The zero-order valence-corrected chi connectivity index (χ0v) is 49.3. The predicted molar refractivity (Wildman–Crippen MR) is 315 cm³/mol. The average Bonchev–Trinajstić information content (AvgIpc) is 3.59. The molecule has 0 saturated heterocycles. The predicted octanol–water partition coefficient (Wildman–Crippen LogP) is 15.0. The molecule has 1 heterocycles. The van der Waals surface area contributed by atoms with Gasteiger partial charge in [0.25, 0.3) is 0 Å². The van der Waals surface area contributed by atoms with Crippen LogP contribution in [0.4, 0.5) is 0 Å². The van der Waals surface area contributed by atoms with Crippen LogP contribution in [0.2, 0.25) is 5.02 Å². The summed E-state index contributed by atoms with van der Waals surface area (Å²) in [6, 6.07) is 22.5. The number of hydrogen-bond donors (Lipinski definition) is 3. The molecule has 412 valence electrons. The number of ether oxygens (including phenoxy) is 2. The van der Waals surface area contributed by atoms with Gasteiger partial charge in [-0.25, -0.2) is 0 Å². The first-order valence-corrected chi connectivity index (χ1v) is 29.9. The van der Waals surface area contributed by atoms with Crippen molar-refractivity contribution in [1.29, 1.82) is 5.26 Å². The number of nitrogens with one attached hydrogen (secondary N) is 2. The lowest BCUT2D eigenvalue weighted by Crippen LogP contribution is -2.66. The summed E-state index contributed by atoms with van der Waals surface area (Å²) < 4.78 is 12.6. The van der Waals surface area contributed by atoms with Gasteiger partial charge in [0, 0.05) is 39.7 Å². The van der Waals surface area contributed by atoms with Gasteiger partial charge in [-0.05, 0) is 171 Å². The van der Waals surface area contributed by atoms with Crippen LogP contribution >= 0.6 is 23.4 Å². The van der Waals surface area contributed by atoms with Crippen LogP contribution in [0.1, 0.15) is 186 Å². The maximum Gasteiger partial charge on any atom is 0.246 e. The summed E-state index contributed by atoms with van der Waals surface area (Å²) >= 11 is 8.18. The molecule has 3 unspecified atom stereocenters. The van der Waals surface area contributed by atoms with Crippen LogP contribution in [0.25, 0.3) is 4.91 Å². The highest BCUT2D eigenvalue weighted by atomic mass is 35.5. The highest BCUT2D eigenvalue weighted by molar-refractivity contribution is 8.11. The second kappa shape index (κ2) is 24.3. The minimum atomic E-state index is -0.499. The van der Waals surface area contributed by atoms with Crippen molar-refractivity contribution in [3.63, 3.8) is 0 Å². The number of nitriles is 1. The van der Waals surface area contributed by atoms with Crippen LogP contribution in [0.3, 0.4) is 0 Å². The van der Waals surface area contributed by atoms with Crippen LogP contribution in [0, 0.1) is 69.0 Å². The first-order chi connectivity index (χ1) is 36.5. The zero-order chi connectivity index (χ0) is 55.5. The summed E-state index contributed by atoms with van der Waals surface area (Å²) in [5, 5.41) is 29.2. The Hall–Kier alpha value is -4.77. The Kier molecular flexibility index (Phi) is 18.4. The van der Waals surface area contributed by atoms with E-state index in [0.29, 0.717) is 66.4 Å². The molecule has 3 aromatic carbocycles. The molecule has 0 aromatic heterocycles. The van der Waals surface area contributed by atoms with E-state index in [-0.39, 0.29) is 70.1 Å². The quantitative estimate of drug-likeness (QED) is 0.0699. The Bertz CT molecular complexity index is 2800. The molecule has 7 atom stereocenters. The summed E-state index contributed by atoms with van der Waals surface area (Å²) in [7, 11) is 0. The summed E-state index contributed by atoms with van der Waals surface area (Å²) in [4.78, 5) is 28.7. The van der Waals surface area contributed by atoms with Crippen molar-refractivity contribution in [1.82, 2.24) is 10.6 Å². The standard InChI is InChI=1S/C67H86ClN3O5S/c1-42-17-13-15-34-77-60(42)49-24-22-47(23-25-49)45(4)70-62(74)55-38-53(72)28-26-48(55)21-19-43(2)61(64(5,6)7)71-59(73)41-75-33-14-12-18-46-20-30-56-52(35-46)36-51(44(3)67(56)31-16-32-67)37-58-65(8,9)63(66(58,10)11)76-54-29-27-50(40-69)57(68)39-54/h15,20,22-25,27,29-30,34-35,39,44-45,48,51,53,55,58,61,63,72H,2,13-14,16-17,19,21,26,28,31-33,36-38,41H2,1,3-11H3,(H,70,74)(H,71,73)/t44?,45-,48?,51?,53-,55+,58?,61+,63?/m0/s1. The van der Waals surface area contributed by atoms with Crippen molar-refractivity contribution < 1.29 is 24.2 Å². The molecule has 0 bridgehead atoms. The van der Waals surface area contributed by atoms with Crippen molar-refractivity contribution >= 4 is 40.1 Å². The molecule has 4 aliphatic carbocycles. The molecule has 8 rings (SSSR count). The highest BCUT2D eigenvalue weighted by Crippen LogP contribution is 2.65. The van der Waals surface area contributed by atoms with Crippen LogP contribution in [-0.2, 0) is 26.2 Å². The van der Waals surface area contributed by atoms with Gasteiger partial charge < -0.3 is 25.2 Å². The fourth-order valence-electron chi connectivity index (χ4n) is 14.6. The second-order valence-electron chi connectivity index (χ2n) is 25.8. The van der Waals surface area contributed by atoms with E-state index >= 15 is 0 Å². The number of fused-ring (bicyclic) bond motifs is 2. The van der Waals surface area contributed by atoms with Crippen molar-refractivity contribution in [2.24, 2.45) is 45.8 Å². The molecule has 1 aliphatic heterocycles. The molecule has 77 heavy (non-hydrogen) atoms. The van der Waals surface area contributed by atoms with Crippen LogP contribution < -0.4 is 15.4 Å². The Morgan fingerprint density at radius 3 is 2.42 bits per heavy atom. The number of carbonyl (C=O) groups excluding carboxylic acids is 2. The van der Waals surface area contributed by atoms with Crippen molar-refractivity contribution in [3.8, 4) is 23.7 Å². The normalized spacial score (nSPS) is 25.8. The maximum absolute atomic E-state index is 13.9. The number of halogens is 1. The molecular formula is C67H86ClN3O5S. The first kappa shape index (κ1) is 58.4. The molecule has 1 spiro atoms. The van der Waals surface area contributed by atoms with E-state index < -0.39 is 6.10 Å². The molecule has 10 heteroatoms. The molecule has 8 nitrogen and oxygen atoms in total. The average molecular weight is 1080 g/mol. The number of benzene rings is 3. The number of carbonyl (C=O) groups is 2. The number of amides is 2. The number of allylic oxidation sites excluding steroid dienone is 2. The van der Waals surface area contributed by atoms with E-state index in [1.54, 1.807) is 23.9 Å². The van der Waals surface area contributed by atoms with Crippen molar-refractivity contribution in [2.75, 3.05) is 13.2 Å². The van der Waals surface area contributed by atoms with Gasteiger partial charge in [0.15, 0.2) is 0 Å². The Labute approximate surface area is 471 Å². The molecule has 3 N–H and O–H groups in total. The van der Waals surface area contributed by atoms with Gasteiger partial charge in [0.1, 0.15) is 24.5 Å². The van der Waals surface area contributed by atoms with Crippen LogP contribution in [0.5, 0.6) is 5.75 Å². The fraction of sp³-hybridized carbons (Fsp3) is 0.567. The number of aliphatic hydroxyl groups excluding tert-OH is 1. The topological polar surface area (TPSA) is 121 Å². The van der Waals surface area contributed by atoms with Crippen molar-refractivity contribution in [2.45, 2.75) is 182 Å². The molecule has 3 fully saturated rings. The van der Waals surface area contributed by atoms with E-state index in [1.165, 1.54) is 46.4 Å². The zero-order valence-electron chi connectivity index (χ0n) is 47.8. The van der Waals surface area contributed by atoms with Crippen LogP contribution in [-0.4, -0.2) is 48.4 Å². The minimum absolute atomic E-state index is 0.0153.